The van der Waals surface area contributed by atoms with Gasteiger partial charge < -0.3 is 4.74 Å². The Labute approximate surface area is 105 Å². The minimum Gasteiger partial charge on any atom is -0.493 e. The highest BCUT2D eigenvalue weighted by atomic mass is 16.5. The fourth-order valence-corrected chi connectivity index (χ4v) is 1.79. The summed E-state index contributed by atoms with van der Waals surface area (Å²) in [4.78, 5) is 16.4. The van der Waals surface area contributed by atoms with Crippen LogP contribution in [0.2, 0.25) is 0 Å². The molecule has 0 aromatic carbocycles. The zero-order valence-electron chi connectivity index (χ0n) is 10.5. The SMILES string of the molecule is CCn1ncc(OC)c1C(=O)Cc1ccccn1. The predicted octanol–water partition coefficient (Wildman–Crippen LogP) is 1.73. The van der Waals surface area contributed by atoms with Crippen LogP contribution in [0.1, 0.15) is 23.1 Å². The van der Waals surface area contributed by atoms with Gasteiger partial charge in [0.05, 0.1) is 19.7 Å². The summed E-state index contributed by atoms with van der Waals surface area (Å²) in [6.45, 7) is 2.57. The number of aromatic nitrogens is 3. The number of nitrogens with zero attached hydrogens (tertiary/aromatic N) is 3. The van der Waals surface area contributed by atoms with Crippen molar-refractivity contribution in [2.45, 2.75) is 19.9 Å². The van der Waals surface area contributed by atoms with Crippen LogP contribution in [0.4, 0.5) is 0 Å². The van der Waals surface area contributed by atoms with Crippen molar-refractivity contribution >= 4 is 5.78 Å². The number of carbonyl (C=O) groups is 1. The van der Waals surface area contributed by atoms with Crippen molar-refractivity contribution in [1.82, 2.24) is 14.8 Å². The minimum atomic E-state index is -0.0371. The van der Waals surface area contributed by atoms with Gasteiger partial charge in [-0.25, -0.2) is 0 Å². The molecule has 0 bridgehead atoms. The Hall–Kier alpha value is -2.17. The Bertz CT molecular complexity index is 513. The van der Waals surface area contributed by atoms with E-state index in [1.165, 1.54) is 7.11 Å². The molecule has 0 aliphatic carbocycles. The van der Waals surface area contributed by atoms with Gasteiger partial charge in [-0.05, 0) is 19.1 Å². The lowest BCUT2D eigenvalue weighted by atomic mass is 10.1. The molecule has 0 N–H and O–H groups in total. The van der Waals surface area contributed by atoms with Gasteiger partial charge in [0.1, 0.15) is 5.69 Å². The molecule has 18 heavy (non-hydrogen) atoms. The van der Waals surface area contributed by atoms with Crippen LogP contribution in [-0.4, -0.2) is 27.7 Å². The topological polar surface area (TPSA) is 57.0 Å². The number of carbonyl (C=O) groups excluding carboxylic acids is 1. The lowest BCUT2D eigenvalue weighted by molar-refractivity contribution is 0.0978. The van der Waals surface area contributed by atoms with E-state index in [4.69, 9.17) is 4.74 Å². The number of hydrogen-bond acceptors (Lipinski definition) is 4. The summed E-state index contributed by atoms with van der Waals surface area (Å²) in [5, 5.41) is 4.12. The molecule has 0 spiro atoms. The summed E-state index contributed by atoms with van der Waals surface area (Å²) in [6, 6.07) is 5.52. The quantitative estimate of drug-likeness (QED) is 0.753. The molecule has 94 valence electrons. The fraction of sp³-hybridized carbons (Fsp3) is 0.308. The van der Waals surface area contributed by atoms with Gasteiger partial charge in [-0.2, -0.15) is 5.10 Å². The molecular formula is C13H15N3O2. The molecule has 2 aromatic rings. The van der Waals surface area contributed by atoms with Gasteiger partial charge in [-0.1, -0.05) is 6.07 Å². The van der Waals surface area contributed by atoms with Crippen molar-refractivity contribution in [3.05, 3.63) is 42.0 Å². The number of ketones is 1. The van der Waals surface area contributed by atoms with E-state index in [0.717, 1.165) is 5.69 Å². The molecule has 0 saturated carbocycles. The monoisotopic (exact) mass is 245 g/mol. The van der Waals surface area contributed by atoms with Gasteiger partial charge >= 0.3 is 0 Å². The highest BCUT2D eigenvalue weighted by Gasteiger charge is 2.19. The summed E-state index contributed by atoms with van der Waals surface area (Å²) in [5.41, 5.74) is 1.25. The maximum Gasteiger partial charge on any atom is 0.190 e. The first-order valence-electron chi connectivity index (χ1n) is 5.79. The van der Waals surface area contributed by atoms with Crippen LogP contribution in [0.5, 0.6) is 5.75 Å². The number of ether oxygens (including phenoxy) is 1. The number of rotatable bonds is 5. The first-order chi connectivity index (χ1) is 8.76. The zero-order chi connectivity index (χ0) is 13.0. The molecule has 0 unspecified atom stereocenters. The van der Waals surface area contributed by atoms with Gasteiger partial charge in [-0.3, -0.25) is 14.5 Å². The van der Waals surface area contributed by atoms with Gasteiger partial charge in [-0.15, -0.1) is 0 Å². The molecule has 2 rings (SSSR count). The van der Waals surface area contributed by atoms with E-state index in [1.807, 2.05) is 25.1 Å². The van der Waals surface area contributed by atoms with Crippen LogP contribution in [0.15, 0.2) is 30.6 Å². The number of Topliss-reactive ketones (excluding diaryl/α,β-unsaturated/α-hetero) is 1. The third kappa shape index (κ3) is 2.40. The van der Waals surface area contributed by atoms with Crippen LogP contribution < -0.4 is 4.74 Å². The van der Waals surface area contributed by atoms with E-state index in [-0.39, 0.29) is 12.2 Å². The Morgan fingerprint density at radius 2 is 2.28 bits per heavy atom. The molecule has 2 heterocycles. The molecule has 0 fully saturated rings. The van der Waals surface area contributed by atoms with Crippen LogP contribution in [0.25, 0.3) is 0 Å². The Kier molecular flexibility index (Phi) is 3.72. The molecule has 0 radical (unpaired) electrons. The van der Waals surface area contributed by atoms with Gasteiger partial charge in [0.15, 0.2) is 11.5 Å². The van der Waals surface area contributed by atoms with Crippen molar-refractivity contribution in [2.24, 2.45) is 0 Å². The molecule has 0 aliphatic heterocycles. The molecular weight excluding hydrogens is 230 g/mol. The first kappa shape index (κ1) is 12.3. The Morgan fingerprint density at radius 3 is 2.89 bits per heavy atom. The van der Waals surface area contributed by atoms with Crippen LogP contribution in [0, 0.1) is 0 Å². The number of methoxy groups -OCH3 is 1. The van der Waals surface area contributed by atoms with Crippen LogP contribution >= 0.6 is 0 Å². The fourth-order valence-electron chi connectivity index (χ4n) is 1.79. The van der Waals surface area contributed by atoms with E-state index in [9.17, 15) is 4.79 Å². The van der Waals surface area contributed by atoms with Gasteiger partial charge in [0.25, 0.3) is 0 Å². The summed E-state index contributed by atoms with van der Waals surface area (Å²) < 4.78 is 6.81. The van der Waals surface area contributed by atoms with Crippen molar-refractivity contribution in [2.75, 3.05) is 7.11 Å². The standard InChI is InChI=1S/C13H15N3O2/c1-3-16-13(12(18-2)9-15-16)11(17)8-10-6-4-5-7-14-10/h4-7,9H,3,8H2,1-2H3. The third-order valence-corrected chi connectivity index (χ3v) is 2.66. The average Bonchev–Trinajstić information content (AvgIpc) is 2.82. The molecule has 2 aromatic heterocycles. The van der Waals surface area contributed by atoms with E-state index >= 15 is 0 Å². The van der Waals surface area contributed by atoms with Crippen LogP contribution in [-0.2, 0) is 13.0 Å². The normalized spacial score (nSPS) is 10.3. The van der Waals surface area contributed by atoms with E-state index in [1.54, 1.807) is 17.1 Å². The maximum atomic E-state index is 12.3. The largest absolute Gasteiger partial charge is 0.493 e. The lowest BCUT2D eigenvalue weighted by Gasteiger charge is -2.06. The van der Waals surface area contributed by atoms with E-state index < -0.39 is 0 Å². The second kappa shape index (κ2) is 5.44. The molecule has 0 atom stereocenters. The molecule has 0 aliphatic rings. The predicted molar refractivity (Wildman–Crippen MR) is 66.7 cm³/mol. The molecule has 5 nitrogen and oxygen atoms in total. The van der Waals surface area contributed by atoms with Gasteiger partial charge in [0, 0.05) is 18.4 Å². The van der Waals surface area contributed by atoms with Crippen molar-refractivity contribution < 1.29 is 9.53 Å². The number of aryl methyl sites for hydroxylation is 1. The smallest absolute Gasteiger partial charge is 0.190 e. The summed E-state index contributed by atoms with van der Waals surface area (Å²) in [7, 11) is 1.54. The highest BCUT2D eigenvalue weighted by molar-refractivity contribution is 5.98. The van der Waals surface area contributed by atoms with Crippen LogP contribution in [0.3, 0.4) is 0 Å². The van der Waals surface area contributed by atoms with E-state index in [2.05, 4.69) is 10.1 Å². The van der Waals surface area contributed by atoms with E-state index in [0.29, 0.717) is 18.0 Å². The lowest BCUT2D eigenvalue weighted by Crippen LogP contribution is -2.13. The Balaban J connectivity index is 2.26. The molecule has 0 amide bonds. The second-order valence-corrected chi connectivity index (χ2v) is 3.80. The maximum absolute atomic E-state index is 12.3. The number of pyridine rings is 1. The summed E-state index contributed by atoms with van der Waals surface area (Å²) in [6.07, 6.45) is 3.50. The van der Waals surface area contributed by atoms with Crippen molar-refractivity contribution in [3.8, 4) is 5.75 Å². The third-order valence-electron chi connectivity index (χ3n) is 2.66. The molecule has 0 saturated heterocycles. The average molecular weight is 245 g/mol. The summed E-state index contributed by atoms with van der Waals surface area (Å²) >= 11 is 0. The number of hydrogen-bond donors (Lipinski definition) is 0. The minimum absolute atomic E-state index is 0.0371. The van der Waals surface area contributed by atoms with Gasteiger partial charge in [0.2, 0.25) is 0 Å². The zero-order valence-corrected chi connectivity index (χ0v) is 10.5. The first-order valence-corrected chi connectivity index (χ1v) is 5.79. The van der Waals surface area contributed by atoms with Crippen molar-refractivity contribution in [3.63, 3.8) is 0 Å². The molecule has 5 heteroatoms. The second-order valence-electron chi connectivity index (χ2n) is 3.80. The summed E-state index contributed by atoms with van der Waals surface area (Å²) in [5.74, 6) is 0.475. The highest BCUT2D eigenvalue weighted by Crippen LogP contribution is 2.19. The van der Waals surface area contributed by atoms with Crippen molar-refractivity contribution in [1.29, 1.82) is 0 Å². The Morgan fingerprint density at radius 1 is 1.44 bits per heavy atom.